The molecular weight excluding hydrogens is 250 g/mol. The summed E-state index contributed by atoms with van der Waals surface area (Å²) in [5, 5.41) is 1.94. The van der Waals surface area contributed by atoms with Crippen LogP contribution in [0.2, 0.25) is 0 Å². The van der Waals surface area contributed by atoms with E-state index in [1.54, 1.807) is 7.11 Å². The number of hydrogen-bond donors (Lipinski definition) is 0. The Morgan fingerprint density at radius 2 is 2.22 bits per heavy atom. The predicted octanol–water partition coefficient (Wildman–Crippen LogP) is 2.02. The minimum Gasteiger partial charge on any atom is -0.382 e. The molecule has 1 saturated heterocycles. The Kier molecular flexibility index (Phi) is 5.16. The second-order valence-electron chi connectivity index (χ2n) is 4.33. The number of piperidine rings is 1. The number of likely N-dealkylation sites (tertiary alicyclic amines) is 1. The van der Waals surface area contributed by atoms with E-state index in [1.807, 2.05) is 22.4 Å². The molecule has 1 amide bonds. The van der Waals surface area contributed by atoms with Crippen LogP contribution < -0.4 is 0 Å². The topological polar surface area (TPSA) is 38.8 Å². The molecule has 18 heavy (non-hydrogen) atoms. The van der Waals surface area contributed by atoms with Gasteiger partial charge in [-0.05, 0) is 24.3 Å². The van der Waals surface area contributed by atoms with Crippen LogP contribution in [0.5, 0.6) is 0 Å². The van der Waals surface area contributed by atoms with Crippen LogP contribution in [0.15, 0.2) is 17.5 Å². The minimum atomic E-state index is 0.153. The molecule has 1 aromatic heterocycles. The smallest absolute Gasteiger partial charge is 0.263 e. The molecule has 0 N–H and O–H groups in total. The Labute approximate surface area is 111 Å². The van der Waals surface area contributed by atoms with Crippen LogP contribution >= 0.6 is 11.3 Å². The summed E-state index contributed by atoms with van der Waals surface area (Å²) in [6.07, 6.45) is 2.11. The van der Waals surface area contributed by atoms with Gasteiger partial charge in [0.05, 0.1) is 24.2 Å². The van der Waals surface area contributed by atoms with Crippen LogP contribution in [0.1, 0.15) is 22.5 Å². The highest BCUT2D eigenvalue weighted by Crippen LogP contribution is 2.18. The number of methoxy groups -OCH3 is 1. The average molecular weight is 269 g/mol. The number of hydrogen-bond acceptors (Lipinski definition) is 4. The van der Waals surface area contributed by atoms with E-state index in [-0.39, 0.29) is 12.0 Å². The normalized spacial score (nSPS) is 17.1. The molecule has 1 aliphatic rings. The van der Waals surface area contributed by atoms with Gasteiger partial charge in [-0.15, -0.1) is 11.3 Å². The van der Waals surface area contributed by atoms with Gasteiger partial charge in [-0.2, -0.15) is 0 Å². The molecule has 0 unspecified atom stereocenters. The second kappa shape index (κ2) is 6.87. The van der Waals surface area contributed by atoms with Gasteiger partial charge in [0.25, 0.3) is 5.91 Å². The molecule has 4 nitrogen and oxygen atoms in total. The van der Waals surface area contributed by atoms with Gasteiger partial charge in [0.1, 0.15) is 0 Å². The first-order chi connectivity index (χ1) is 8.81. The van der Waals surface area contributed by atoms with Crippen LogP contribution in [-0.4, -0.2) is 50.3 Å². The predicted molar refractivity (Wildman–Crippen MR) is 71.1 cm³/mol. The summed E-state index contributed by atoms with van der Waals surface area (Å²) in [5.41, 5.74) is 0. The lowest BCUT2D eigenvalue weighted by Gasteiger charge is -2.31. The van der Waals surface area contributed by atoms with Gasteiger partial charge in [0, 0.05) is 20.2 Å². The summed E-state index contributed by atoms with van der Waals surface area (Å²) in [7, 11) is 1.67. The van der Waals surface area contributed by atoms with Crippen molar-refractivity contribution in [3.8, 4) is 0 Å². The van der Waals surface area contributed by atoms with E-state index in [0.29, 0.717) is 13.2 Å². The quantitative estimate of drug-likeness (QED) is 0.768. The fourth-order valence-corrected chi connectivity index (χ4v) is 2.77. The maximum atomic E-state index is 12.1. The highest BCUT2D eigenvalue weighted by molar-refractivity contribution is 7.12. The number of carbonyl (C=O) groups excluding carboxylic acids is 1. The molecule has 0 aliphatic carbocycles. The molecular formula is C13H19NO3S. The highest BCUT2D eigenvalue weighted by atomic mass is 32.1. The number of thiophene rings is 1. The molecule has 2 rings (SSSR count). The highest BCUT2D eigenvalue weighted by Gasteiger charge is 2.24. The van der Waals surface area contributed by atoms with E-state index < -0.39 is 0 Å². The second-order valence-corrected chi connectivity index (χ2v) is 5.28. The Morgan fingerprint density at radius 3 is 2.83 bits per heavy atom. The van der Waals surface area contributed by atoms with E-state index in [1.165, 1.54) is 11.3 Å². The van der Waals surface area contributed by atoms with E-state index in [0.717, 1.165) is 30.8 Å². The maximum Gasteiger partial charge on any atom is 0.263 e. The zero-order chi connectivity index (χ0) is 12.8. The largest absolute Gasteiger partial charge is 0.382 e. The lowest BCUT2D eigenvalue weighted by atomic mass is 10.1. The maximum absolute atomic E-state index is 12.1. The third-order valence-electron chi connectivity index (χ3n) is 3.10. The first-order valence-corrected chi connectivity index (χ1v) is 7.12. The van der Waals surface area contributed by atoms with Crippen molar-refractivity contribution in [2.45, 2.75) is 18.9 Å². The van der Waals surface area contributed by atoms with Crippen LogP contribution in [0, 0.1) is 0 Å². The van der Waals surface area contributed by atoms with Crippen molar-refractivity contribution in [2.24, 2.45) is 0 Å². The standard InChI is InChI=1S/C13H19NO3S/c1-16-8-9-17-11-4-6-14(7-5-11)13(15)12-3-2-10-18-12/h2-3,10-11H,4-9H2,1H3. The lowest BCUT2D eigenvalue weighted by Crippen LogP contribution is -2.40. The van der Waals surface area contributed by atoms with Gasteiger partial charge in [-0.25, -0.2) is 0 Å². The number of nitrogens with zero attached hydrogens (tertiary/aromatic N) is 1. The van der Waals surface area contributed by atoms with Gasteiger partial charge >= 0.3 is 0 Å². The first-order valence-electron chi connectivity index (χ1n) is 6.24. The van der Waals surface area contributed by atoms with Gasteiger partial charge in [0.2, 0.25) is 0 Å². The SMILES string of the molecule is COCCOC1CCN(C(=O)c2cccs2)CC1. The lowest BCUT2D eigenvalue weighted by molar-refractivity contribution is -0.0122. The Morgan fingerprint density at radius 1 is 1.44 bits per heavy atom. The van der Waals surface area contributed by atoms with E-state index in [2.05, 4.69) is 0 Å². The monoisotopic (exact) mass is 269 g/mol. The number of carbonyl (C=O) groups is 1. The van der Waals surface area contributed by atoms with E-state index in [9.17, 15) is 4.79 Å². The van der Waals surface area contributed by atoms with Gasteiger partial charge in [0.15, 0.2) is 0 Å². The molecule has 100 valence electrons. The number of amides is 1. The van der Waals surface area contributed by atoms with Crippen LogP contribution in [0.4, 0.5) is 0 Å². The Balaban J connectivity index is 1.75. The van der Waals surface area contributed by atoms with Crippen molar-refractivity contribution < 1.29 is 14.3 Å². The molecule has 0 bridgehead atoms. The van der Waals surface area contributed by atoms with Crippen molar-refractivity contribution in [1.29, 1.82) is 0 Å². The van der Waals surface area contributed by atoms with Crippen molar-refractivity contribution >= 4 is 17.2 Å². The third kappa shape index (κ3) is 3.54. The van der Waals surface area contributed by atoms with Crippen molar-refractivity contribution in [2.75, 3.05) is 33.4 Å². The summed E-state index contributed by atoms with van der Waals surface area (Å²) in [4.78, 5) is 14.8. The zero-order valence-electron chi connectivity index (χ0n) is 10.6. The zero-order valence-corrected chi connectivity index (χ0v) is 11.4. The van der Waals surface area contributed by atoms with E-state index >= 15 is 0 Å². The Bertz CT molecular complexity index is 358. The van der Waals surface area contributed by atoms with Crippen molar-refractivity contribution in [3.05, 3.63) is 22.4 Å². The van der Waals surface area contributed by atoms with E-state index in [4.69, 9.17) is 9.47 Å². The summed E-state index contributed by atoms with van der Waals surface area (Å²) >= 11 is 1.50. The molecule has 1 aromatic rings. The van der Waals surface area contributed by atoms with Crippen molar-refractivity contribution in [1.82, 2.24) is 4.90 Å². The summed E-state index contributed by atoms with van der Waals surface area (Å²) in [6.45, 7) is 2.84. The van der Waals surface area contributed by atoms with Gasteiger partial charge < -0.3 is 14.4 Å². The first kappa shape index (κ1) is 13.5. The molecule has 5 heteroatoms. The molecule has 1 fully saturated rings. The molecule has 0 spiro atoms. The van der Waals surface area contributed by atoms with Crippen LogP contribution in [-0.2, 0) is 9.47 Å². The van der Waals surface area contributed by atoms with Crippen LogP contribution in [0.25, 0.3) is 0 Å². The fraction of sp³-hybridized carbons (Fsp3) is 0.615. The molecule has 0 aromatic carbocycles. The van der Waals surface area contributed by atoms with Crippen molar-refractivity contribution in [3.63, 3.8) is 0 Å². The summed E-state index contributed by atoms with van der Waals surface area (Å²) in [6, 6.07) is 3.80. The number of rotatable bonds is 5. The third-order valence-corrected chi connectivity index (χ3v) is 3.96. The summed E-state index contributed by atoms with van der Waals surface area (Å²) in [5.74, 6) is 0.153. The Hall–Kier alpha value is -0.910. The molecule has 0 atom stereocenters. The van der Waals surface area contributed by atoms with Gasteiger partial charge in [-0.1, -0.05) is 6.07 Å². The minimum absolute atomic E-state index is 0.153. The van der Waals surface area contributed by atoms with Gasteiger partial charge in [-0.3, -0.25) is 4.79 Å². The molecule has 0 saturated carbocycles. The summed E-state index contributed by atoms with van der Waals surface area (Å²) < 4.78 is 10.6. The molecule has 1 aliphatic heterocycles. The van der Waals surface area contributed by atoms with Crippen LogP contribution in [0.3, 0.4) is 0 Å². The fourth-order valence-electron chi connectivity index (χ4n) is 2.08. The average Bonchev–Trinajstić information content (AvgIpc) is 2.93. The number of ether oxygens (including phenoxy) is 2. The molecule has 0 radical (unpaired) electrons. The molecule has 2 heterocycles.